The maximum atomic E-state index is 12.2. The Bertz CT molecular complexity index is 980. The third kappa shape index (κ3) is 4.56. The molecule has 0 spiro atoms. The van der Waals surface area contributed by atoms with Crippen LogP contribution >= 0.6 is 11.3 Å². The minimum Gasteiger partial charge on any atom is -0.351 e. The predicted octanol–water partition coefficient (Wildman–Crippen LogP) is 3.25. The molecule has 1 aromatic carbocycles. The standard InChI is InChI=1S/C22H24N4O2S/c27-21(12-5-13-23-22(28)20-11-6-14-29-20)24-15-18-17-9-4-10-19(17)26(25-18)16-7-2-1-3-8-16/h1-3,6-8,11,14H,4-5,9-10,12-13,15H2,(H,23,28)(H,24,27). The Morgan fingerprint density at radius 3 is 2.72 bits per heavy atom. The number of carbonyl (C=O) groups excluding carboxylic acids is 2. The van der Waals surface area contributed by atoms with Crippen molar-refractivity contribution in [3.63, 3.8) is 0 Å². The average molecular weight is 409 g/mol. The monoisotopic (exact) mass is 408 g/mol. The Balaban J connectivity index is 1.27. The molecule has 1 aliphatic carbocycles. The third-order valence-corrected chi connectivity index (χ3v) is 5.95. The molecule has 29 heavy (non-hydrogen) atoms. The number of nitrogens with one attached hydrogen (secondary N) is 2. The Morgan fingerprint density at radius 2 is 1.93 bits per heavy atom. The fraction of sp³-hybridized carbons (Fsp3) is 0.318. The van der Waals surface area contributed by atoms with E-state index in [2.05, 4.69) is 22.8 Å². The lowest BCUT2D eigenvalue weighted by Crippen LogP contribution is -2.27. The summed E-state index contributed by atoms with van der Waals surface area (Å²) in [5.41, 5.74) is 4.56. The van der Waals surface area contributed by atoms with Gasteiger partial charge in [0.15, 0.2) is 0 Å². The maximum absolute atomic E-state index is 12.2. The fourth-order valence-corrected chi connectivity index (χ4v) is 4.30. The summed E-state index contributed by atoms with van der Waals surface area (Å²) in [7, 11) is 0. The quantitative estimate of drug-likeness (QED) is 0.562. The van der Waals surface area contributed by atoms with Crippen LogP contribution < -0.4 is 10.6 Å². The molecule has 150 valence electrons. The number of rotatable bonds is 8. The van der Waals surface area contributed by atoms with Crippen LogP contribution in [0.3, 0.4) is 0 Å². The van der Waals surface area contributed by atoms with Crippen LogP contribution in [0.1, 0.15) is 45.9 Å². The molecule has 4 rings (SSSR count). The van der Waals surface area contributed by atoms with Gasteiger partial charge in [-0.25, -0.2) is 4.68 Å². The van der Waals surface area contributed by atoms with Gasteiger partial charge in [-0.15, -0.1) is 11.3 Å². The van der Waals surface area contributed by atoms with Crippen LogP contribution in [-0.4, -0.2) is 28.1 Å². The first kappa shape index (κ1) is 19.4. The van der Waals surface area contributed by atoms with Crippen molar-refractivity contribution in [2.24, 2.45) is 0 Å². The first-order chi connectivity index (χ1) is 14.2. The molecule has 0 atom stereocenters. The summed E-state index contributed by atoms with van der Waals surface area (Å²) in [5, 5.41) is 12.5. The van der Waals surface area contributed by atoms with Crippen molar-refractivity contribution in [1.29, 1.82) is 0 Å². The predicted molar refractivity (Wildman–Crippen MR) is 113 cm³/mol. The molecule has 2 N–H and O–H groups in total. The van der Waals surface area contributed by atoms with Crippen molar-refractivity contribution in [2.75, 3.05) is 6.54 Å². The summed E-state index contributed by atoms with van der Waals surface area (Å²) in [4.78, 5) is 24.8. The van der Waals surface area contributed by atoms with E-state index in [1.54, 1.807) is 6.07 Å². The number of benzene rings is 1. The van der Waals surface area contributed by atoms with Gasteiger partial charge in [0.05, 0.1) is 22.8 Å². The number of nitrogens with zero attached hydrogens (tertiary/aromatic N) is 2. The highest BCUT2D eigenvalue weighted by Crippen LogP contribution is 2.27. The van der Waals surface area contributed by atoms with Gasteiger partial charge in [-0.3, -0.25) is 9.59 Å². The number of para-hydroxylation sites is 1. The summed E-state index contributed by atoms with van der Waals surface area (Å²) < 4.78 is 2.02. The second-order valence-electron chi connectivity index (χ2n) is 7.09. The van der Waals surface area contributed by atoms with Crippen molar-refractivity contribution in [2.45, 2.75) is 38.6 Å². The summed E-state index contributed by atoms with van der Waals surface area (Å²) in [6, 6.07) is 13.8. The van der Waals surface area contributed by atoms with E-state index < -0.39 is 0 Å². The summed E-state index contributed by atoms with van der Waals surface area (Å²) in [5.74, 6) is -0.0983. The summed E-state index contributed by atoms with van der Waals surface area (Å²) in [6.45, 7) is 0.935. The zero-order chi connectivity index (χ0) is 20.1. The van der Waals surface area contributed by atoms with Gasteiger partial charge in [-0.2, -0.15) is 5.10 Å². The van der Waals surface area contributed by atoms with Crippen molar-refractivity contribution < 1.29 is 9.59 Å². The zero-order valence-electron chi connectivity index (χ0n) is 16.2. The molecule has 2 heterocycles. The van der Waals surface area contributed by atoms with E-state index in [1.165, 1.54) is 22.6 Å². The normalized spacial score (nSPS) is 12.6. The Labute approximate surface area is 173 Å². The molecule has 6 nitrogen and oxygen atoms in total. The smallest absolute Gasteiger partial charge is 0.261 e. The van der Waals surface area contributed by atoms with Crippen molar-refractivity contribution in [3.8, 4) is 5.69 Å². The first-order valence-electron chi connectivity index (χ1n) is 9.96. The van der Waals surface area contributed by atoms with Gasteiger partial charge in [0, 0.05) is 18.7 Å². The summed E-state index contributed by atoms with van der Waals surface area (Å²) in [6.07, 6.45) is 4.16. The summed E-state index contributed by atoms with van der Waals surface area (Å²) >= 11 is 1.41. The lowest BCUT2D eigenvalue weighted by atomic mass is 10.2. The largest absolute Gasteiger partial charge is 0.351 e. The van der Waals surface area contributed by atoms with E-state index in [9.17, 15) is 9.59 Å². The molecule has 2 aromatic heterocycles. The van der Waals surface area contributed by atoms with E-state index in [0.29, 0.717) is 30.8 Å². The molecule has 0 fully saturated rings. The number of aromatic nitrogens is 2. The second kappa shape index (κ2) is 9.05. The number of hydrogen-bond donors (Lipinski definition) is 2. The molecule has 0 saturated heterocycles. The van der Waals surface area contributed by atoms with Gasteiger partial charge in [0.1, 0.15) is 0 Å². The van der Waals surface area contributed by atoms with Gasteiger partial charge in [0.25, 0.3) is 5.91 Å². The van der Waals surface area contributed by atoms with Crippen LogP contribution in [0.2, 0.25) is 0 Å². The Hall–Kier alpha value is -2.93. The van der Waals surface area contributed by atoms with Crippen LogP contribution in [0.15, 0.2) is 47.8 Å². The third-order valence-electron chi connectivity index (χ3n) is 5.08. The number of thiophene rings is 1. The molecule has 0 radical (unpaired) electrons. The lowest BCUT2D eigenvalue weighted by molar-refractivity contribution is -0.121. The van der Waals surface area contributed by atoms with Gasteiger partial charge in [-0.05, 0) is 54.8 Å². The van der Waals surface area contributed by atoms with Crippen molar-refractivity contribution in [3.05, 3.63) is 69.7 Å². The van der Waals surface area contributed by atoms with E-state index in [1.807, 2.05) is 34.3 Å². The van der Waals surface area contributed by atoms with Crippen LogP contribution in [-0.2, 0) is 24.2 Å². The highest BCUT2D eigenvalue weighted by atomic mass is 32.1. The molecular weight excluding hydrogens is 384 g/mol. The first-order valence-corrected chi connectivity index (χ1v) is 10.8. The minimum atomic E-state index is -0.0811. The van der Waals surface area contributed by atoms with E-state index in [0.717, 1.165) is 30.6 Å². The van der Waals surface area contributed by atoms with Gasteiger partial charge < -0.3 is 10.6 Å². The number of carbonyl (C=O) groups is 2. The minimum absolute atomic E-state index is 0.0172. The van der Waals surface area contributed by atoms with Crippen molar-refractivity contribution in [1.82, 2.24) is 20.4 Å². The molecule has 0 saturated carbocycles. The zero-order valence-corrected chi connectivity index (χ0v) is 17.0. The average Bonchev–Trinajstić information content (AvgIpc) is 3.48. The van der Waals surface area contributed by atoms with E-state index in [-0.39, 0.29) is 11.8 Å². The van der Waals surface area contributed by atoms with E-state index >= 15 is 0 Å². The second-order valence-corrected chi connectivity index (χ2v) is 8.03. The molecule has 0 unspecified atom stereocenters. The van der Waals surface area contributed by atoms with Crippen molar-refractivity contribution >= 4 is 23.2 Å². The Morgan fingerprint density at radius 1 is 1.07 bits per heavy atom. The van der Waals surface area contributed by atoms with E-state index in [4.69, 9.17) is 5.10 Å². The van der Waals surface area contributed by atoms with Gasteiger partial charge in [0.2, 0.25) is 5.91 Å². The Kier molecular flexibility index (Phi) is 6.05. The maximum Gasteiger partial charge on any atom is 0.261 e. The molecule has 0 aliphatic heterocycles. The SMILES string of the molecule is O=C(CCCNC(=O)c1cccs1)NCc1nn(-c2ccccc2)c2c1CCC2. The van der Waals surface area contributed by atoms with Crippen LogP contribution in [0.4, 0.5) is 0 Å². The van der Waals surface area contributed by atoms with Crippen LogP contribution in [0.25, 0.3) is 5.69 Å². The number of amides is 2. The molecule has 0 bridgehead atoms. The topological polar surface area (TPSA) is 76.0 Å². The lowest BCUT2D eigenvalue weighted by Gasteiger charge is -2.06. The molecule has 3 aromatic rings. The molecular formula is C22H24N4O2S. The molecule has 2 amide bonds. The van der Waals surface area contributed by atoms with Gasteiger partial charge >= 0.3 is 0 Å². The highest BCUT2D eigenvalue weighted by molar-refractivity contribution is 7.12. The molecule has 1 aliphatic rings. The fourth-order valence-electron chi connectivity index (χ4n) is 3.66. The molecule has 7 heteroatoms. The van der Waals surface area contributed by atoms with Gasteiger partial charge in [-0.1, -0.05) is 24.3 Å². The van der Waals surface area contributed by atoms with Crippen LogP contribution in [0, 0.1) is 0 Å². The van der Waals surface area contributed by atoms with Crippen LogP contribution in [0.5, 0.6) is 0 Å². The highest BCUT2D eigenvalue weighted by Gasteiger charge is 2.23. The number of hydrogen-bond acceptors (Lipinski definition) is 4. The number of fused-ring (bicyclic) bond motifs is 1.